The van der Waals surface area contributed by atoms with Crippen LogP contribution in [-0.4, -0.2) is 22.2 Å². The third-order valence-electron chi connectivity index (χ3n) is 2.22. The summed E-state index contributed by atoms with van der Waals surface area (Å²) in [5.74, 6) is -2.28. The molecular formula is C9H10O4. The van der Waals surface area contributed by atoms with Crippen LogP contribution in [0.3, 0.4) is 0 Å². The minimum Gasteiger partial charge on any atom is -0.481 e. The second-order valence-electron chi connectivity index (χ2n) is 3.16. The molecule has 1 aliphatic rings. The molecule has 70 valence electrons. The van der Waals surface area contributed by atoms with E-state index in [4.69, 9.17) is 10.2 Å². The summed E-state index contributed by atoms with van der Waals surface area (Å²) in [6.07, 6.45) is 4.77. The number of allylic oxidation sites excluding steroid dienone is 3. The van der Waals surface area contributed by atoms with Crippen molar-refractivity contribution in [3.8, 4) is 0 Å². The number of hydrogen-bond acceptors (Lipinski definition) is 2. The second kappa shape index (κ2) is 3.05. The van der Waals surface area contributed by atoms with Crippen LogP contribution in [0.1, 0.15) is 13.3 Å². The van der Waals surface area contributed by atoms with E-state index in [1.807, 2.05) is 0 Å². The molecule has 0 fully saturated rings. The van der Waals surface area contributed by atoms with Gasteiger partial charge >= 0.3 is 11.9 Å². The molecule has 1 unspecified atom stereocenters. The van der Waals surface area contributed by atoms with Crippen molar-refractivity contribution in [1.82, 2.24) is 0 Å². The highest BCUT2D eigenvalue weighted by atomic mass is 16.4. The molecule has 0 amide bonds. The van der Waals surface area contributed by atoms with Gasteiger partial charge < -0.3 is 10.2 Å². The van der Waals surface area contributed by atoms with Gasteiger partial charge in [-0.2, -0.15) is 0 Å². The van der Waals surface area contributed by atoms with Crippen molar-refractivity contribution in [3.63, 3.8) is 0 Å². The zero-order valence-corrected chi connectivity index (χ0v) is 7.15. The fourth-order valence-corrected chi connectivity index (χ4v) is 1.27. The molecule has 0 aliphatic heterocycles. The Bertz CT molecular complexity index is 314. The minimum atomic E-state index is -1.29. The number of carboxylic acid groups (broad SMARTS) is 2. The van der Waals surface area contributed by atoms with Gasteiger partial charge in [0, 0.05) is 0 Å². The average Bonchev–Trinajstić information content (AvgIpc) is 2.04. The lowest BCUT2D eigenvalue weighted by atomic mass is 9.76. The van der Waals surface area contributed by atoms with E-state index in [9.17, 15) is 9.59 Å². The van der Waals surface area contributed by atoms with Gasteiger partial charge in [-0.05, 0) is 13.3 Å². The van der Waals surface area contributed by atoms with Crippen LogP contribution in [-0.2, 0) is 9.59 Å². The maximum atomic E-state index is 10.9. The van der Waals surface area contributed by atoms with E-state index in [-0.39, 0.29) is 12.0 Å². The Balaban J connectivity index is 3.13. The molecule has 1 rings (SSSR count). The first kappa shape index (κ1) is 9.51. The number of carbonyl (C=O) groups is 2. The lowest BCUT2D eigenvalue weighted by Gasteiger charge is -2.25. The summed E-state index contributed by atoms with van der Waals surface area (Å²) >= 11 is 0. The summed E-state index contributed by atoms with van der Waals surface area (Å²) in [5.41, 5.74) is -1.36. The van der Waals surface area contributed by atoms with Gasteiger partial charge in [0.15, 0.2) is 0 Å². The summed E-state index contributed by atoms with van der Waals surface area (Å²) in [5, 5.41) is 17.6. The Morgan fingerprint density at radius 1 is 1.46 bits per heavy atom. The molecule has 4 heteroatoms. The van der Waals surface area contributed by atoms with Crippen LogP contribution < -0.4 is 0 Å². The summed E-state index contributed by atoms with van der Waals surface area (Å²) in [6, 6.07) is 0. The van der Waals surface area contributed by atoms with E-state index in [1.165, 1.54) is 13.0 Å². The molecule has 13 heavy (non-hydrogen) atoms. The highest BCUT2D eigenvalue weighted by Gasteiger charge is 2.40. The lowest BCUT2D eigenvalue weighted by Crippen LogP contribution is -2.33. The number of carboxylic acids is 2. The van der Waals surface area contributed by atoms with Crippen LogP contribution >= 0.6 is 0 Å². The van der Waals surface area contributed by atoms with E-state index in [0.29, 0.717) is 0 Å². The molecule has 0 aromatic heterocycles. The first-order chi connectivity index (χ1) is 5.98. The fraction of sp³-hybridized carbons (Fsp3) is 0.333. The fourth-order valence-electron chi connectivity index (χ4n) is 1.27. The number of aliphatic carboxylic acids is 2. The summed E-state index contributed by atoms with van der Waals surface area (Å²) in [7, 11) is 0. The van der Waals surface area contributed by atoms with Crippen LogP contribution in [0, 0.1) is 5.41 Å². The van der Waals surface area contributed by atoms with Gasteiger partial charge in [-0.15, -0.1) is 0 Å². The Morgan fingerprint density at radius 2 is 2.08 bits per heavy atom. The molecule has 0 radical (unpaired) electrons. The zero-order valence-electron chi connectivity index (χ0n) is 7.15. The van der Waals surface area contributed by atoms with Gasteiger partial charge in [-0.3, -0.25) is 4.79 Å². The molecule has 0 aromatic rings. The van der Waals surface area contributed by atoms with Gasteiger partial charge in [0.25, 0.3) is 0 Å². The van der Waals surface area contributed by atoms with Crippen LogP contribution in [0.5, 0.6) is 0 Å². The van der Waals surface area contributed by atoms with Crippen molar-refractivity contribution >= 4 is 11.9 Å². The molecule has 0 heterocycles. The van der Waals surface area contributed by atoms with E-state index in [1.54, 1.807) is 12.2 Å². The largest absolute Gasteiger partial charge is 0.481 e. The van der Waals surface area contributed by atoms with Crippen LogP contribution in [0.4, 0.5) is 0 Å². The van der Waals surface area contributed by atoms with E-state index < -0.39 is 17.4 Å². The SMILES string of the molecule is CC1(C(=O)O)CC=CC=C1C(=O)O. The highest BCUT2D eigenvalue weighted by Crippen LogP contribution is 2.34. The molecular weight excluding hydrogens is 172 g/mol. The lowest BCUT2D eigenvalue weighted by molar-refractivity contribution is -0.149. The molecule has 0 aromatic carbocycles. The van der Waals surface area contributed by atoms with E-state index in [0.717, 1.165) is 0 Å². The zero-order chi connectivity index (χ0) is 10.1. The molecule has 0 saturated carbocycles. The minimum absolute atomic E-state index is 0.0671. The topological polar surface area (TPSA) is 74.6 Å². The van der Waals surface area contributed by atoms with E-state index in [2.05, 4.69) is 0 Å². The second-order valence-corrected chi connectivity index (χ2v) is 3.16. The third kappa shape index (κ3) is 1.47. The van der Waals surface area contributed by atoms with Gasteiger partial charge in [-0.25, -0.2) is 4.79 Å². The Hall–Kier alpha value is -1.58. The maximum Gasteiger partial charge on any atom is 0.332 e. The monoisotopic (exact) mass is 182 g/mol. The molecule has 1 atom stereocenters. The van der Waals surface area contributed by atoms with Gasteiger partial charge in [0.2, 0.25) is 0 Å². The predicted octanol–water partition coefficient (Wildman–Crippen LogP) is 1.05. The molecule has 0 bridgehead atoms. The standard InChI is InChI=1S/C9H10O4/c1-9(8(12)13)5-3-2-4-6(9)7(10)11/h2-4H,5H2,1H3,(H,10,11)(H,12,13). The van der Waals surface area contributed by atoms with Crippen molar-refractivity contribution in [3.05, 3.63) is 23.8 Å². The summed E-state index contributed by atoms with van der Waals surface area (Å²) in [6.45, 7) is 1.42. The summed E-state index contributed by atoms with van der Waals surface area (Å²) in [4.78, 5) is 21.6. The molecule has 2 N–H and O–H groups in total. The van der Waals surface area contributed by atoms with Crippen molar-refractivity contribution in [2.45, 2.75) is 13.3 Å². The van der Waals surface area contributed by atoms with E-state index >= 15 is 0 Å². The Labute approximate surface area is 75.2 Å². The van der Waals surface area contributed by atoms with Crippen LogP contribution in [0.15, 0.2) is 23.8 Å². The first-order valence-corrected chi connectivity index (χ1v) is 3.82. The van der Waals surface area contributed by atoms with Crippen molar-refractivity contribution < 1.29 is 19.8 Å². The quantitative estimate of drug-likeness (QED) is 0.669. The van der Waals surface area contributed by atoms with Crippen LogP contribution in [0.2, 0.25) is 0 Å². The molecule has 1 aliphatic carbocycles. The highest BCUT2D eigenvalue weighted by molar-refractivity contribution is 5.97. The molecule has 0 spiro atoms. The smallest absolute Gasteiger partial charge is 0.332 e. The Kier molecular flexibility index (Phi) is 2.23. The first-order valence-electron chi connectivity index (χ1n) is 3.82. The molecule has 0 saturated heterocycles. The van der Waals surface area contributed by atoms with Gasteiger partial charge in [-0.1, -0.05) is 18.2 Å². The molecule has 4 nitrogen and oxygen atoms in total. The number of rotatable bonds is 2. The summed E-state index contributed by atoms with van der Waals surface area (Å²) < 4.78 is 0. The average molecular weight is 182 g/mol. The van der Waals surface area contributed by atoms with Crippen molar-refractivity contribution in [2.24, 2.45) is 5.41 Å². The van der Waals surface area contributed by atoms with Gasteiger partial charge in [0.1, 0.15) is 5.41 Å². The normalized spacial score (nSPS) is 26.7. The third-order valence-corrected chi connectivity index (χ3v) is 2.22. The van der Waals surface area contributed by atoms with Gasteiger partial charge in [0.05, 0.1) is 5.57 Å². The Morgan fingerprint density at radius 3 is 2.46 bits per heavy atom. The van der Waals surface area contributed by atoms with Crippen LogP contribution in [0.25, 0.3) is 0 Å². The van der Waals surface area contributed by atoms with Crippen molar-refractivity contribution in [1.29, 1.82) is 0 Å². The predicted molar refractivity (Wildman–Crippen MR) is 45.2 cm³/mol. The number of hydrogen-bond donors (Lipinski definition) is 2. The van der Waals surface area contributed by atoms with Crippen molar-refractivity contribution in [2.75, 3.05) is 0 Å². The maximum absolute atomic E-state index is 10.9.